The van der Waals surface area contributed by atoms with E-state index in [1.165, 1.54) is 24.3 Å². The standard InChI is InChI=1S/C12H18N2O4S/c1-9(7-8-18-2)14-12(15)10-3-5-11(6-4-10)19(13,16)17/h3-6,9H,7-8H2,1-2H3,(H,14,15)(H2,13,16,17). The molecule has 1 aromatic rings. The lowest BCUT2D eigenvalue weighted by Crippen LogP contribution is -2.33. The van der Waals surface area contributed by atoms with Crippen molar-refractivity contribution in [1.82, 2.24) is 5.32 Å². The van der Waals surface area contributed by atoms with E-state index in [-0.39, 0.29) is 16.8 Å². The van der Waals surface area contributed by atoms with Crippen molar-refractivity contribution in [2.75, 3.05) is 13.7 Å². The second kappa shape index (κ2) is 6.65. The Labute approximate surface area is 113 Å². The number of nitrogens with two attached hydrogens (primary N) is 1. The number of carbonyl (C=O) groups is 1. The zero-order valence-corrected chi connectivity index (χ0v) is 11.7. The minimum atomic E-state index is -3.73. The number of nitrogens with one attached hydrogen (secondary N) is 1. The molecule has 0 saturated carbocycles. The molecule has 1 amide bonds. The summed E-state index contributed by atoms with van der Waals surface area (Å²) < 4.78 is 27.1. The topological polar surface area (TPSA) is 98.5 Å². The highest BCUT2D eigenvalue weighted by Crippen LogP contribution is 2.09. The van der Waals surface area contributed by atoms with Crippen LogP contribution >= 0.6 is 0 Å². The van der Waals surface area contributed by atoms with Gasteiger partial charge in [0, 0.05) is 25.3 Å². The molecule has 0 aliphatic carbocycles. The molecule has 0 spiro atoms. The van der Waals surface area contributed by atoms with E-state index in [1.54, 1.807) is 7.11 Å². The number of sulfonamides is 1. The number of benzene rings is 1. The molecule has 1 unspecified atom stereocenters. The van der Waals surface area contributed by atoms with Crippen molar-refractivity contribution in [3.05, 3.63) is 29.8 Å². The van der Waals surface area contributed by atoms with Crippen LogP contribution in [0.15, 0.2) is 29.2 Å². The Hall–Kier alpha value is -1.44. The largest absolute Gasteiger partial charge is 0.385 e. The summed E-state index contributed by atoms with van der Waals surface area (Å²) >= 11 is 0. The van der Waals surface area contributed by atoms with Crippen LogP contribution in [0.5, 0.6) is 0 Å². The zero-order chi connectivity index (χ0) is 14.5. The molecule has 1 rings (SSSR count). The summed E-state index contributed by atoms with van der Waals surface area (Å²) in [7, 11) is -2.13. The average Bonchev–Trinajstić information content (AvgIpc) is 2.35. The maximum atomic E-state index is 11.8. The molecule has 0 radical (unpaired) electrons. The van der Waals surface area contributed by atoms with Gasteiger partial charge in [-0.3, -0.25) is 4.79 Å². The van der Waals surface area contributed by atoms with Gasteiger partial charge in [0.2, 0.25) is 10.0 Å². The maximum Gasteiger partial charge on any atom is 0.251 e. The van der Waals surface area contributed by atoms with Crippen molar-refractivity contribution in [2.24, 2.45) is 5.14 Å². The monoisotopic (exact) mass is 286 g/mol. The fourth-order valence-electron chi connectivity index (χ4n) is 1.47. The molecule has 3 N–H and O–H groups in total. The Bertz CT molecular complexity index is 525. The molecule has 1 aromatic carbocycles. The number of primary sulfonamides is 1. The van der Waals surface area contributed by atoms with E-state index in [2.05, 4.69) is 5.32 Å². The van der Waals surface area contributed by atoms with E-state index in [0.717, 1.165) is 0 Å². The molecule has 0 aliphatic heterocycles. The van der Waals surface area contributed by atoms with Gasteiger partial charge >= 0.3 is 0 Å². The highest BCUT2D eigenvalue weighted by atomic mass is 32.2. The maximum absolute atomic E-state index is 11.8. The van der Waals surface area contributed by atoms with Gasteiger partial charge < -0.3 is 10.1 Å². The molecule has 0 heterocycles. The molecule has 0 bridgehead atoms. The molecule has 7 heteroatoms. The van der Waals surface area contributed by atoms with E-state index in [1.807, 2.05) is 6.92 Å². The summed E-state index contributed by atoms with van der Waals surface area (Å²) in [6, 6.07) is 5.45. The molecule has 19 heavy (non-hydrogen) atoms. The Morgan fingerprint density at radius 2 is 1.95 bits per heavy atom. The number of methoxy groups -OCH3 is 1. The second-order valence-corrected chi connectivity index (χ2v) is 5.79. The Morgan fingerprint density at radius 1 is 1.37 bits per heavy atom. The van der Waals surface area contributed by atoms with Gasteiger partial charge in [-0.15, -0.1) is 0 Å². The van der Waals surface area contributed by atoms with Crippen molar-refractivity contribution in [3.8, 4) is 0 Å². The smallest absolute Gasteiger partial charge is 0.251 e. The average molecular weight is 286 g/mol. The molecule has 106 valence electrons. The number of rotatable bonds is 6. The normalized spacial score (nSPS) is 13.0. The second-order valence-electron chi connectivity index (χ2n) is 4.23. The highest BCUT2D eigenvalue weighted by Gasteiger charge is 2.12. The van der Waals surface area contributed by atoms with Gasteiger partial charge in [0.15, 0.2) is 0 Å². The summed E-state index contributed by atoms with van der Waals surface area (Å²) in [6.45, 7) is 2.43. The van der Waals surface area contributed by atoms with Crippen LogP contribution in [0.25, 0.3) is 0 Å². The molecule has 0 fully saturated rings. The summed E-state index contributed by atoms with van der Waals surface area (Å²) in [5.74, 6) is -0.260. The molecule has 0 saturated heterocycles. The van der Waals surface area contributed by atoms with Gasteiger partial charge in [-0.05, 0) is 37.6 Å². The van der Waals surface area contributed by atoms with Crippen LogP contribution in [0.2, 0.25) is 0 Å². The summed E-state index contributed by atoms with van der Waals surface area (Å²) in [6.07, 6.45) is 0.706. The molecular formula is C12H18N2O4S. The SMILES string of the molecule is COCCC(C)NC(=O)c1ccc(S(N)(=O)=O)cc1. The van der Waals surface area contributed by atoms with Crippen molar-refractivity contribution < 1.29 is 17.9 Å². The van der Waals surface area contributed by atoms with E-state index in [9.17, 15) is 13.2 Å². The molecule has 0 aromatic heterocycles. The van der Waals surface area contributed by atoms with E-state index in [0.29, 0.717) is 18.6 Å². The van der Waals surface area contributed by atoms with Crippen LogP contribution in [0, 0.1) is 0 Å². The van der Waals surface area contributed by atoms with Crippen molar-refractivity contribution in [2.45, 2.75) is 24.3 Å². The Kier molecular flexibility index (Phi) is 5.46. The van der Waals surface area contributed by atoms with E-state index < -0.39 is 10.0 Å². The molecule has 1 atom stereocenters. The van der Waals surface area contributed by atoms with Crippen LogP contribution in [0.1, 0.15) is 23.7 Å². The molecular weight excluding hydrogens is 268 g/mol. The van der Waals surface area contributed by atoms with Crippen LogP contribution < -0.4 is 10.5 Å². The lowest BCUT2D eigenvalue weighted by atomic mass is 10.2. The van der Waals surface area contributed by atoms with Crippen LogP contribution in [0.4, 0.5) is 0 Å². The Morgan fingerprint density at radius 3 is 2.42 bits per heavy atom. The van der Waals surface area contributed by atoms with Crippen molar-refractivity contribution in [1.29, 1.82) is 0 Å². The number of amides is 1. The third-order valence-corrected chi connectivity index (χ3v) is 3.51. The summed E-state index contributed by atoms with van der Waals surface area (Å²) in [5.41, 5.74) is 0.386. The van der Waals surface area contributed by atoms with Gasteiger partial charge in [-0.1, -0.05) is 0 Å². The minimum Gasteiger partial charge on any atom is -0.385 e. The predicted molar refractivity (Wildman–Crippen MR) is 71.2 cm³/mol. The Balaban J connectivity index is 2.68. The first-order valence-electron chi connectivity index (χ1n) is 5.77. The van der Waals surface area contributed by atoms with Crippen LogP contribution in [0.3, 0.4) is 0 Å². The molecule has 0 aliphatic rings. The van der Waals surface area contributed by atoms with Gasteiger partial charge in [0.05, 0.1) is 4.90 Å². The van der Waals surface area contributed by atoms with Gasteiger partial charge in [-0.25, -0.2) is 13.6 Å². The third kappa shape index (κ3) is 4.98. The van der Waals surface area contributed by atoms with E-state index >= 15 is 0 Å². The predicted octanol–water partition coefficient (Wildman–Crippen LogP) is 0.489. The first kappa shape index (κ1) is 15.6. The fourth-order valence-corrected chi connectivity index (χ4v) is 1.99. The first-order chi connectivity index (χ1) is 8.84. The molecule has 6 nitrogen and oxygen atoms in total. The van der Waals surface area contributed by atoms with Crippen molar-refractivity contribution in [3.63, 3.8) is 0 Å². The fraction of sp³-hybridized carbons (Fsp3) is 0.417. The quantitative estimate of drug-likeness (QED) is 0.795. The lowest BCUT2D eigenvalue weighted by Gasteiger charge is -2.13. The number of hydrogen-bond acceptors (Lipinski definition) is 4. The van der Waals surface area contributed by atoms with Crippen LogP contribution in [-0.4, -0.2) is 34.1 Å². The number of ether oxygens (including phenoxy) is 1. The van der Waals surface area contributed by atoms with E-state index in [4.69, 9.17) is 9.88 Å². The minimum absolute atomic E-state index is 0.0171. The third-order valence-electron chi connectivity index (χ3n) is 2.58. The lowest BCUT2D eigenvalue weighted by molar-refractivity contribution is 0.0929. The first-order valence-corrected chi connectivity index (χ1v) is 7.32. The van der Waals surface area contributed by atoms with Crippen LogP contribution in [-0.2, 0) is 14.8 Å². The number of carbonyl (C=O) groups excluding carboxylic acids is 1. The van der Waals surface area contributed by atoms with Crippen molar-refractivity contribution >= 4 is 15.9 Å². The van der Waals surface area contributed by atoms with Gasteiger partial charge in [0.25, 0.3) is 5.91 Å². The summed E-state index contributed by atoms with van der Waals surface area (Å²) in [5, 5.41) is 7.77. The zero-order valence-electron chi connectivity index (χ0n) is 10.9. The summed E-state index contributed by atoms with van der Waals surface area (Å²) in [4.78, 5) is 11.8. The number of hydrogen-bond donors (Lipinski definition) is 2. The highest BCUT2D eigenvalue weighted by molar-refractivity contribution is 7.89. The van der Waals surface area contributed by atoms with Gasteiger partial charge in [0.1, 0.15) is 0 Å². The van der Waals surface area contributed by atoms with Gasteiger partial charge in [-0.2, -0.15) is 0 Å².